The van der Waals surface area contributed by atoms with Crippen molar-refractivity contribution in [2.24, 2.45) is 7.05 Å². The monoisotopic (exact) mass is 439 g/mol. The third-order valence-electron chi connectivity index (χ3n) is 5.59. The van der Waals surface area contributed by atoms with Crippen LogP contribution in [-0.2, 0) is 28.7 Å². The van der Waals surface area contributed by atoms with Crippen molar-refractivity contribution in [1.29, 1.82) is 0 Å². The van der Waals surface area contributed by atoms with Gasteiger partial charge in [0.25, 0.3) is 5.91 Å². The van der Waals surface area contributed by atoms with Gasteiger partial charge in [-0.05, 0) is 31.5 Å². The van der Waals surface area contributed by atoms with Gasteiger partial charge in [0.15, 0.2) is 0 Å². The number of imidazole rings is 1. The molecule has 31 heavy (non-hydrogen) atoms. The van der Waals surface area contributed by atoms with Gasteiger partial charge in [0.2, 0.25) is 5.91 Å². The Balaban J connectivity index is 1.45. The Hall–Kier alpha value is -3.39. The van der Waals surface area contributed by atoms with E-state index < -0.39 is 23.4 Å². The molecule has 4 amide bonds. The molecule has 1 aromatic heterocycles. The number of amides is 4. The molecule has 2 N–H and O–H groups in total. The number of nitrogens with one attached hydrogen (secondary N) is 2. The van der Waals surface area contributed by atoms with Crippen molar-refractivity contribution in [1.82, 2.24) is 25.1 Å². The fraction of sp³-hybridized carbons (Fsp3) is 0.273. The molecule has 0 aliphatic carbocycles. The summed E-state index contributed by atoms with van der Waals surface area (Å²) in [6, 6.07) is 12.2. The number of halogens is 1. The van der Waals surface area contributed by atoms with Crippen molar-refractivity contribution in [3.63, 3.8) is 0 Å². The number of nitrogens with zero attached hydrogens (tertiary/aromatic N) is 3. The number of carbonyl (C=O) groups excluding carboxylic acids is 3. The van der Waals surface area contributed by atoms with Crippen molar-refractivity contribution in [2.45, 2.75) is 25.9 Å². The first-order valence-corrected chi connectivity index (χ1v) is 10.2. The average molecular weight is 440 g/mol. The lowest BCUT2D eigenvalue weighted by Crippen LogP contribution is -2.43. The van der Waals surface area contributed by atoms with Crippen LogP contribution in [0.15, 0.2) is 42.5 Å². The Bertz CT molecular complexity index is 1200. The minimum Gasteiger partial charge on any atom is -0.347 e. The largest absolute Gasteiger partial charge is 0.347 e. The highest BCUT2D eigenvalue weighted by atomic mass is 35.5. The quantitative estimate of drug-likeness (QED) is 0.597. The smallest absolute Gasteiger partial charge is 0.325 e. The number of carbonyl (C=O) groups is 3. The van der Waals surface area contributed by atoms with Gasteiger partial charge in [-0.15, -0.1) is 0 Å². The number of hydrogen-bond acceptors (Lipinski definition) is 4. The van der Waals surface area contributed by atoms with E-state index in [0.29, 0.717) is 16.4 Å². The van der Waals surface area contributed by atoms with E-state index in [2.05, 4.69) is 15.6 Å². The molecule has 1 fully saturated rings. The minimum absolute atomic E-state index is 0.138. The SMILES string of the molecule is Cc1ccc(C2(C)NC(=O)N(CC(=O)NCc3nc4cccc(Cl)c4n3C)C2=O)cc1. The number of hydrogen-bond donors (Lipinski definition) is 2. The van der Waals surface area contributed by atoms with E-state index in [-0.39, 0.29) is 13.1 Å². The maximum absolute atomic E-state index is 13.0. The number of aromatic nitrogens is 2. The zero-order valence-electron chi connectivity index (χ0n) is 17.4. The zero-order chi connectivity index (χ0) is 22.3. The third-order valence-corrected chi connectivity index (χ3v) is 5.89. The Labute approximate surface area is 184 Å². The molecule has 160 valence electrons. The van der Waals surface area contributed by atoms with E-state index in [0.717, 1.165) is 21.5 Å². The molecule has 0 bridgehead atoms. The fourth-order valence-electron chi connectivity index (χ4n) is 3.73. The van der Waals surface area contributed by atoms with Crippen LogP contribution in [0.2, 0.25) is 5.02 Å². The van der Waals surface area contributed by atoms with Crippen molar-refractivity contribution >= 4 is 40.5 Å². The molecule has 8 nitrogen and oxygen atoms in total. The Morgan fingerprint density at radius 2 is 1.90 bits per heavy atom. The molecule has 9 heteroatoms. The van der Waals surface area contributed by atoms with Crippen molar-refractivity contribution in [3.8, 4) is 0 Å². The Morgan fingerprint density at radius 3 is 2.58 bits per heavy atom. The van der Waals surface area contributed by atoms with Crippen LogP contribution in [0, 0.1) is 6.92 Å². The maximum Gasteiger partial charge on any atom is 0.325 e. The van der Waals surface area contributed by atoms with Crippen LogP contribution in [0.4, 0.5) is 4.79 Å². The van der Waals surface area contributed by atoms with Crippen molar-refractivity contribution in [3.05, 3.63) is 64.4 Å². The summed E-state index contributed by atoms with van der Waals surface area (Å²) >= 11 is 6.23. The standard InChI is InChI=1S/C22H22ClN5O3/c1-13-7-9-14(10-8-13)22(2)20(30)28(21(31)26-22)12-18(29)24-11-17-25-16-6-4-5-15(23)19(16)27(17)3/h4-10H,11-12H2,1-3H3,(H,24,29)(H,26,31). The summed E-state index contributed by atoms with van der Waals surface area (Å²) in [5.41, 5.74) is 2.00. The molecule has 1 saturated heterocycles. The number of aryl methyl sites for hydroxylation is 2. The number of para-hydroxylation sites is 1. The van der Waals surface area contributed by atoms with Gasteiger partial charge in [0, 0.05) is 7.05 Å². The first-order chi connectivity index (χ1) is 14.7. The molecule has 1 unspecified atom stereocenters. The van der Waals surface area contributed by atoms with Gasteiger partial charge in [-0.1, -0.05) is 47.5 Å². The van der Waals surface area contributed by atoms with Crippen LogP contribution >= 0.6 is 11.6 Å². The van der Waals surface area contributed by atoms with Crippen LogP contribution in [0.1, 0.15) is 23.9 Å². The van der Waals surface area contributed by atoms with E-state index in [4.69, 9.17) is 11.6 Å². The van der Waals surface area contributed by atoms with Crippen molar-refractivity contribution in [2.75, 3.05) is 6.54 Å². The summed E-state index contributed by atoms with van der Waals surface area (Å²) in [7, 11) is 1.81. The summed E-state index contributed by atoms with van der Waals surface area (Å²) in [5.74, 6) is -0.320. The molecule has 0 spiro atoms. The van der Waals surface area contributed by atoms with E-state index >= 15 is 0 Å². The number of benzene rings is 2. The molecule has 2 heterocycles. The number of fused-ring (bicyclic) bond motifs is 1. The van der Waals surface area contributed by atoms with Crippen molar-refractivity contribution < 1.29 is 14.4 Å². The van der Waals surface area contributed by atoms with E-state index in [1.807, 2.05) is 38.2 Å². The first kappa shape index (κ1) is 20.9. The predicted octanol–water partition coefficient (Wildman–Crippen LogP) is 2.62. The molecule has 0 radical (unpaired) electrons. The van der Waals surface area contributed by atoms with Crippen LogP contribution in [0.3, 0.4) is 0 Å². The lowest BCUT2D eigenvalue weighted by Gasteiger charge is -2.22. The van der Waals surface area contributed by atoms with Gasteiger partial charge in [-0.25, -0.2) is 9.78 Å². The van der Waals surface area contributed by atoms with Gasteiger partial charge in [0.1, 0.15) is 17.9 Å². The zero-order valence-corrected chi connectivity index (χ0v) is 18.2. The molecule has 1 aliphatic heterocycles. The third kappa shape index (κ3) is 3.63. The maximum atomic E-state index is 13.0. The van der Waals surface area contributed by atoms with Gasteiger partial charge >= 0.3 is 6.03 Å². The van der Waals surface area contributed by atoms with Gasteiger partial charge in [-0.2, -0.15) is 0 Å². The van der Waals surface area contributed by atoms with Crippen LogP contribution in [0.5, 0.6) is 0 Å². The van der Waals surface area contributed by atoms with Gasteiger partial charge < -0.3 is 15.2 Å². The molecular formula is C22H22ClN5O3. The molecule has 1 atom stereocenters. The van der Waals surface area contributed by atoms with Crippen LogP contribution < -0.4 is 10.6 Å². The lowest BCUT2D eigenvalue weighted by atomic mass is 9.91. The summed E-state index contributed by atoms with van der Waals surface area (Å²) < 4.78 is 1.81. The molecule has 4 rings (SSSR count). The topological polar surface area (TPSA) is 96.3 Å². The average Bonchev–Trinajstić information content (AvgIpc) is 3.17. The first-order valence-electron chi connectivity index (χ1n) is 9.78. The summed E-state index contributed by atoms with van der Waals surface area (Å²) in [6.45, 7) is 3.34. The fourth-order valence-corrected chi connectivity index (χ4v) is 4.02. The molecular weight excluding hydrogens is 418 g/mol. The molecule has 0 saturated carbocycles. The molecule has 3 aromatic rings. The predicted molar refractivity (Wildman–Crippen MR) is 116 cm³/mol. The Morgan fingerprint density at radius 1 is 1.19 bits per heavy atom. The van der Waals surface area contributed by atoms with E-state index in [1.54, 1.807) is 29.7 Å². The second-order valence-corrected chi connectivity index (χ2v) is 8.19. The minimum atomic E-state index is -1.21. The van der Waals surface area contributed by atoms with Gasteiger partial charge in [0.05, 0.1) is 22.6 Å². The molecule has 2 aromatic carbocycles. The highest BCUT2D eigenvalue weighted by Crippen LogP contribution is 2.29. The van der Waals surface area contributed by atoms with E-state index in [1.165, 1.54) is 0 Å². The van der Waals surface area contributed by atoms with Gasteiger partial charge in [-0.3, -0.25) is 14.5 Å². The summed E-state index contributed by atoms with van der Waals surface area (Å²) in [6.07, 6.45) is 0. The van der Waals surface area contributed by atoms with Crippen LogP contribution in [0.25, 0.3) is 11.0 Å². The second kappa shape index (κ2) is 7.70. The number of imide groups is 1. The second-order valence-electron chi connectivity index (χ2n) is 7.78. The highest BCUT2D eigenvalue weighted by Gasteiger charge is 2.49. The Kier molecular flexibility index (Phi) is 5.18. The van der Waals surface area contributed by atoms with Crippen LogP contribution in [-0.4, -0.2) is 38.8 Å². The lowest BCUT2D eigenvalue weighted by molar-refractivity contribution is -0.134. The van der Waals surface area contributed by atoms with E-state index in [9.17, 15) is 14.4 Å². The summed E-state index contributed by atoms with van der Waals surface area (Å²) in [4.78, 5) is 43.3. The molecule has 1 aliphatic rings. The number of rotatable bonds is 5. The number of urea groups is 1. The summed E-state index contributed by atoms with van der Waals surface area (Å²) in [5, 5.41) is 6.00. The normalized spacial score (nSPS) is 18.5. The highest BCUT2D eigenvalue weighted by molar-refractivity contribution is 6.35.